The SMILES string of the molecule is CC(n1ccnn1)C(C)(O)n1ccnn1. The van der Waals surface area contributed by atoms with Crippen LogP contribution in [0.2, 0.25) is 0 Å². The smallest absolute Gasteiger partial charge is 0.179 e. The summed E-state index contributed by atoms with van der Waals surface area (Å²) in [5, 5.41) is 25.3. The molecule has 0 bridgehead atoms. The maximum Gasteiger partial charge on any atom is 0.179 e. The second kappa shape index (κ2) is 3.43. The van der Waals surface area contributed by atoms with Gasteiger partial charge in [0, 0.05) is 12.4 Å². The topological polar surface area (TPSA) is 81.6 Å². The quantitative estimate of drug-likeness (QED) is 0.755. The van der Waals surface area contributed by atoms with E-state index >= 15 is 0 Å². The number of hydrogen-bond acceptors (Lipinski definition) is 5. The molecule has 0 amide bonds. The van der Waals surface area contributed by atoms with E-state index in [9.17, 15) is 5.11 Å². The zero-order valence-electron chi connectivity index (χ0n) is 8.52. The molecule has 0 aliphatic rings. The van der Waals surface area contributed by atoms with Crippen LogP contribution in [-0.2, 0) is 5.72 Å². The molecule has 1 N–H and O–H groups in total. The minimum Gasteiger partial charge on any atom is -0.367 e. The van der Waals surface area contributed by atoms with Gasteiger partial charge in [0.05, 0.1) is 18.4 Å². The van der Waals surface area contributed by atoms with Crippen molar-refractivity contribution in [3.05, 3.63) is 24.8 Å². The Kier molecular flexibility index (Phi) is 2.24. The number of hydrogen-bond donors (Lipinski definition) is 1. The predicted molar refractivity (Wildman–Crippen MR) is 50.6 cm³/mol. The summed E-state index contributed by atoms with van der Waals surface area (Å²) in [5.74, 6) is 0. The second-order valence-electron chi connectivity index (χ2n) is 3.50. The van der Waals surface area contributed by atoms with E-state index in [-0.39, 0.29) is 6.04 Å². The van der Waals surface area contributed by atoms with Crippen molar-refractivity contribution in [2.75, 3.05) is 0 Å². The molecule has 0 fully saturated rings. The maximum atomic E-state index is 10.3. The summed E-state index contributed by atoms with van der Waals surface area (Å²) in [6.07, 6.45) is 6.37. The molecule has 2 rings (SSSR count). The van der Waals surface area contributed by atoms with Gasteiger partial charge in [0.1, 0.15) is 0 Å². The highest BCUT2D eigenvalue weighted by atomic mass is 16.3. The summed E-state index contributed by atoms with van der Waals surface area (Å²) in [6.45, 7) is 3.48. The van der Waals surface area contributed by atoms with Crippen molar-refractivity contribution in [3.8, 4) is 0 Å². The normalized spacial score (nSPS) is 17.3. The molecule has 2 heterocycles. The lowest BCUT2D eigenvalue weighted by molar-refractivity contribution is -0.0775. The van der Waals surface area contributed by atoms with Crippen LogP contribution < -0.4 is 0 Å². The first-order valence-electron chi connectivity index (χ1n) is 4.57. The van der Waals surface area contributed by atoms with Gasteiger partial charge in [-0.15, -0.1) is 10.2 Å². The molecule has 15 heavy (non-hydrogen) atoms. The molecule has 0 saturated heterocycles. The van der Waals surface area contributed by atoms with Crippen LogP contribution in [0, 0.1) is 0 Å². The predicted octanol–water partition coefficient (Wildman–Crippen LogP) is -0.204. The molecule has 7 heteroatoms. The fourth-order valence-electron chi connectivity index (χ4n) is 1.32. The average molecular weight is 208 g/mol. The Balaban J connectivity index is 2.30. The lowest BCUT2D eigenvalue weighted by Gasteiger charge is -2.29. The molecular weight excluding hydrogens is 196 g/mol. The van der Waals surface area contributed by atoms with E-state index in [1.54, 1.807) is 30.2 Å². The second-order valence-corrected chi connectivity index (χ2v) is 3.50. The first-order chi connectivity index (χ1) is 7.12. The lowest BCUT2D eigenvalue weighted by atomic mass is 10.1. The van der Waals surface area contributed by atoms with Crippen LogP contribution in [-0.4, -0.2) is 35.1 Å². The molecule has 2 unspecified atom stereocenters. The van der Waals surface area contributed by atoms with Crippen molar-refractivity contribution in [2.24, 2.45) is 0 Å². The molecule has 2 aromatic rings. The molecule has 0 saturated carbocycles. The Morgan fingerprint density at radius 1 is 1.20 bits per heavy atom. The minimum atomic E-state index is -1.19. The zero-order valence-corrected chi connectivity index (χ0v) is 8.52. The number of aromatic nitrogens is 6. The highest BCUT2D eigenvalue weighted by molar-refractivity contribution is 4.83. The van der Waals surface area contributed by atoms with Crippen molar-refractivity contribution in [1.29, 1.82) is 0 Å². The fourth-order valence-corrected chi connectivity index (χ4v) is 1.32. The van der Waals surface area contributed by atoms with Crippen LogP contribution in [0.15, 0.2) is 24.8 Å². The van der Waals surface area contributed by atoms with Gasteiger partial charge in [0.15, 0.2) is 5.72 Å². The summed E-state index contributed by atoms with van der Waals surface area (Å²) in [5.41, 5.74) is -1.19. The Hall–Kier alpha value is -1.76. The molecule has 0 spiro atoms. The van der Waals surface area contributed by atoms with Crippen molar-refractivity contribution < 1.29 is 5.11 Å². The third-order valence-electron chi connectivity index (χ3n) is 2.52. The van der Waals surface area contributed by atoms with E-state index in [0.29, 0.717) is 0 Å². The van der Waals surface area contributed by atoms with Gasteiger partial charge in [-0.2, -0.15) is 0 Å². The Morgan fingerprint density at radius 2 is 1.87 bits per heavy atom. The molecule has 80 valence electrons. The van der Waals surface area contributed by atoms with Gasteiger partial charge in [0.2, 0.25) is 0 Å². The molecule has 2 atom stereocenters. The van der Waals surface area contributed by atoms with E-state index < -0.39 is 5.72 Å². The molecule has 7 nitrogen and oxygen atoms in total. The number of nitrogens with zero attached hydrogens (tertiary/aromatic N) is 6. The van der Waals surface area contributed by atoms with E-state index in [1.807, 2.05) is 6.92 Å². The average Bonchev–Trinajstić information content (AvgIpc) is 2.89. The van der Waals surface area contributed by atoms with Gasteiger partial charge in [-0.3, -0.25) is 0 Å². The van der Waals surface area contributed by atoms with Crippen molar-refractivity contribution in [3.63, 3.8) is 0 Å². The van der Waals surface area contributed by atoms with Crippen molar-refractivity contribution in [1.82, 2.24) is 30.0 Å². The van der Waals surface area contributed by atoms with Crippen LogP contribution in [0.5, 0.6) is 0 Å². The standard InChI is InChI=1S/C8H12N6O/c1-7(13-5-3-9-11-13)8(2,15)14-6-4-10-12-14/h3-7,15H,1-2H3. The van der Waals surface area contributed by atoms with E-state index in [1.165, 1.54) is 10.9 Å². The van der Waals surface area contributed by atoms with Crippen LogP contribution in [0.3, 0.4) is 0 Å². The number of rotatable bonds is 3. The van der Waals surface area contributed by atoms with Gasteiger partial charge in [-0.1, -0.05) is 10.4 Å². The van der Waals surface area contributed by atoms with Crippen LogP contribution in [0.25, 0.3) is 0 Å². The monoisotopic (exact) mass is 208 g/mol. The van der Waals surface area contributed by atoms with Crippen LogP contribution >= 0.6 is 0 Å². The molecule has 2 aromatic heterocycles. The number of aliphatic hydroxyl groups is 1. The molecule has 0 aromatic carbocycles. The minimum absolute atomic E-state index is 0.290. The van der Waals surface area contributed by atoms with Gasteiger partial charge >= 0.3 is 0 Å². The van der Waals surface area contributed by atoms with Gasteiger partial charge in [-0.25, -0.2) is 9.36 Å². The van der Waals surface area contributed by atoms with Gasteiger partial charge in [-0.05, 0) is 13.8 Å². The highest BCUT2D eigenvalue weighted by Crippen LogP contribution is 2.24. The summed E-state index contributed by atoms with van der Waals surface area (Å²) in [7, 11) is 0. The Labute approximate surface area is 86.3 Å². The maximum absolute atomic E-state index is 10.3. The van der Waals surface area contributed by atoms with Crippen molar-refractivity contribution in [2.45, 2.75) is 25.6 Å². The van der Waals surface area contributed by atoms with E-state index in [0.717, 1.165) is 0 Å². The molecule has 0 radical (unpaired) electrons. The largest absolute Gasteiger partial charge is 0.367 e. The molecule has 0 aliphatic carbocycles. The molecular formula is C8H12N6O. The summed E-state index contributed by atoms with van der Waals surface area (Å²) < 4.78 is 2.96. The van der Waals surface area contributed by atoms with E-state index in [4.69, 9.17) is 0 Å². The van der Waals surface area contributed by atoms with E-state index in [2.05, 4.69) is 20.6 Å². The third kappa shape index (κ3) is 1.61. The first-order valence-corrected chi connectivity index (χ1v) is 4.57. The van der Waals surface area contributed by atoms with Crippen LogP contribution in [0.1, 0.15) is 19.9 Å². The lowest BCUT2D eigenvalue weighted by Crippen LogP contribution is -2.39. The van der Waals surface area contributed by atoms with Gasteiger partial charge < -0.3 is 5.11 Å². The summed E-state index contributed by atoms with van der Waals surface area (Å²) in [4.78, 5) is 0. The fraction of sp³-hybridized carbons (Fsp3) is 0.500. The first kappa shape index (κ1) is 9.78. The Morgan fingerprint density at radius 3 is 2.40 bits per heavy atom. The highest BCUT2D eigenvalue weighted by Gasteiger charge is 2.33. The van der Waals surface area contributed by atoms with Crippen molar-refractivity contribution >= 4 is 0 Å². The summed E-state index contributed by atoms with van der Waals surface area (Å²) in [6, 6.07) is -0.290. The third-order valence-corrected chi connectivity index (χ3v) is 2.52. The zero-order chi connectivity index (χ0) is 10.9. The molecule has 0 aliphatic heterocycles. The summed E-state index contributed by atoms with van der Waals surface area (Å²) >= 11 is 0. The Bertz CT molecular complexity index is 406. The van der Waals surface area contributed by atoms with Gasteiger partial charge in [0.25, 0.3) is 0 Å². The van der Waals surface area contributed by atoms with Crippen LogP contribution in [0.4, 0.5) is 0 Å².